The lowest BCUT2D eigenvalue weighted by molar-refractivity contribution is -0.136. The second-order valence-electron chi connectivity index (χ2n) is 10.2. The molecule has 198 valence electrons. The van der Waals surface area contributed by atoms with Crippen LogP contribution in [-0.2, 0) is 14.9 Å². The first kappa shape index (κ1) is 28.5. The summed E-state index contributed by atoms with van der Waals surface area (Å²) < 4.78 is 11.1. The van der Waals surface area contributed by atoms with Crippen molar-refractivity contribution in [2.24, 2.45) is 0 Å². The molecule has 1 aliphatic rings. The lowest BCUT2D eigenvalue weighted by Gasteiger charge is -2.34. The van der Waals surface area contributed by atoms with Gasteiger partial charge in [0.25, 0.3) is 0 Å². The van der Waals surface area contributed by atoms with E-state index in [0.717, 1.165) is 48.1 Å². The fourth-order valence-corrected chi connectivity index (χ4v) is 5.37. The molecule has 0 saturated carbocycles. The predicted molar refractivity (Wildman–Crippen MR) is 150 cm³/mol. The standard InChI is InChI=1S/C33H42O4/c1-7-18-32(35,19-8-2)20-17-26-11-12-27(21-24(26)5)33(9-3,10-4)28-13-15-30(25(6)22-28)36-23-29-14-16-31(34)37-29/h11-15,21-22,35H,7-10,16,18-19,23H2,1-6H3. The van der Waals surface area contributed by atoms with Crippen LogP contribution in [0.15, 0.2) is 48.2 Å². The van der Waals surface area contributed by atoms with Gasteiger partial charge >= 0.3 is 5.97 Å². The van der Waals surface area contributed by atoms with Gasteiger partial charge in [0.15, 0.2) is 0 Å². The van der Waals surface area contributed by atoms with Gasteiger partial charge in [0, 0.05) is 11.0 Å². The van der Waals surface area contributed by atoms with Crippen LogP contribution in [0.25, 0.3) is 0 Å². The van der Waals surface area contributed by atoms with E-state index in [0.29, 0.717) is 25.0 Å². The number of rotatable bonds is 11. The Morgan fingerprint density at radius 1 is 0.946 bits per heavy atom. The van der Waals surface area contributed by atoms with Crippen molar-refractivity contribution >= 4 is 5.97 Å². The molecule has 1 aliphatic heterocycles. The Balaban J connectivity index is 1.88. The average molecular weight is 503 g/mol. The number of aliphatic hydroxyl groups is 1. The summed E-state index contributed by atoms with van der Waals surface area (Å²) in [6, 6.07) is 13.0. The van der Waals surface area contributed by atoms with Crippen molar-refractivity contribution in [3.63, 3.8) is 0 Å². The summed E-state index contributed by atoms with van der Waals surface area (Å²) >= 11 is 0. The monoisotopic (exact) mass is 502 g/mol. The summed E-state index contributed by atoms with van der Waals surface area (Å²) in [6.45, 7) is 13.1. The number of hydrogen-bond acceptors (Lipinski definition) is 4. The number of benzene rings is 2. The normalized spacial score (nSPS) is 13.6. The highest BCUT2D eigenvalue weighted by atomic mass is 16.6. The molecule has 4 heteroatoms. The third-order valence-electron chi connectivity index (χ3n) is 7.58. The molecule has 0 saturated heterocycles. The quantitative estimate of drug-likeness (QED) is 0.259. The lowest BCUT2D eigenvalue weighted by atomic mass is 9.70. The average Bonchev–Trinajstić information content (AvgIpc) is 3.29. The second kappa shape index (κ2) is 12.5. The van der Waals surface area contributed by atoms with E-state index in [4.69, 9.17) is 9.47 Å². The fourth-order valence-electron chi connectivity index (χ4n) is 5.37. The van der Waals surface area contributed by atoms with Crippen LogP contribution in [0.3, 0.4) is 0 Å². The highest BCUT2D eigenvalue weighted by molar-refractivity contribution is 5.75. The summed E-state index contributed by atoms with van der Waals surface area (Å²) in [5.74, 6) is 7.60. The maximum atomic E-state index is 11.3. The molecule has 1 N–H and O–H groups in total. The molecule has 0 fully saturated rings. The lowest BCUT2D eigenvalue weighted by Crippen LogP contribution is -2.26. The molecule has 0 spiro atoms. The molecule has 0 amide bonds. The molecule has 37 heavy (non-hydrogen) atoms. The number of aryl methyl sites for hydroxylation is 2. The van der Waals surface area contributed by atoms with Gasteiger partial charge < -0.3 is 14.6 Å². The largest absolute Gasteiger partial charge is 0.485 e. The van der Waals surface area contributed by atoms with E-state index >= 15 is 0 Å². The van der Waals surface area contributed by atoms with E-state index in [1.54, 1.807) is 6.08 Å². The van der Waals surface area contributed by atoms with Gasteiger partial charge in [0.1, 0.15) is 23.7 Å². The number of ether oxygens (including phenoxy) is 2. The van der Waals surface area contributed by atoms with E-state index in [1.807, 2.05) is 6.07 Å². The van der Waals surface area contributed by atoms with Crippen molar-refractivity contribution in [2.75, 3.05) is 6.61 Å². The van der Waals surface area contributed by atoms with E-state index in [2.05, 4.69) is 83.7 Å². The van der Waals surface area contributed by atoms with Crippen LogP contribution in [-0.4, -0.2) is 23.3 Å². The predicted octanol–water partition coefficient (Wildman–Crippen LogP) is 7.30. The number of carbonyl (C=O) groups is 1. The van der Waals surface area contributed by atoms with Gasteiger partial charge in [-0.15, -0.1) is 0 Å². The first-order valence-corrected chi connectivity index (χ1v) is 13.7. The Kier molecular flexibility index (Phi) is 9.62. The fraction of sp³-hybridized carbons (Fsp3) is 0.485. The molecule has 0 aromatic heterocycles. The summed E-state index contributed by atoms with van der Waals surface area (Å²) in [7, 11) is 0. The summed E-state index contributed by atoms with van der Waals surface area (Å²) in [5, 5.41) is 10.9. The molecule has 0 atom stereocenters. The van der Waals surface area contributed by atoms with Crippen LogP contribution in [0, 0.1) is 25.7 Å². The SMILES string of the molecule is CCCC(O)(C#Cc1ccc(C(CC)(CC)c2ccc(OCC3=CCC(=O)O3)c(C)c2)cc1C)CCC. The number of cyclic esters (lactones) is 1. The maximum absolute atomic E-state index is 11.3. The molecule has 2 aromatic rings. The zero-order valence-corrected chi connectivity index (χ0v) is 23.4. The molecule has 1 heterocycles. The second-order valence-corrected chi connectivity index (χ2v) is 10.2. The van der Waals surface area contributed by atoms with Gasteiger partial charge in [-0.05, 0) is 80.0 Å². The van der Waals surface area contributed by atoms with Gasteiger partial charge in [-0.3, -0.25) is 4.79 Å². The Labute approximate surface area is 223 Å². The van der Waals surface area contributed by atoms with Gasteiger partial charge in [0.05, 0.1) is 6.42 Å². The number of esters is 1. The number of carbonyl (C=O) groups excluding carboxylic acids is 1. The van der Waals surface area contributed by atoms with Crippen molar-refractivity contribution in [1.82, 2.24) is 0 Å². The molecule has 4 nitrogen and oxygen atoms in total. The van der Waals surface area contributed by atoms with Crippen molar-refractivity contribution < 1.29 is 19.4 Å². The molecule has 0 aliphatic carbocycles. The summed E-state index contributed by atoms with van der Waals surface area (Å²) in [5.41, 5.74) is 4.64. The molecule has 0 unspecified atom stereocenters. The van der Waals surface area contributed by atoms with Crippen LogP contribution in [0.1, 0.15) is 100 Å². The van der Waals surface area contributed by atoms with Gasteiger partial charge in [-0.1, -0.05) is 76.6 Å². The van der Waals surface area contributed by atoms with Crippen molar-refractivity contribution in [3.8, 4) is 17.6 Å². The van der Waals surface area contributed by atoms with Crippen molar-refractivity contribution in [1.29, 1.82) is 0 Å². The van der Waals surface area contributed by atoms with Crippen LogP contribution in [0.4, 0.5) is 0 Å². The Hall–Kier alpha value is -3.03. The number of hydrogen-bond donors (Lipinski definition) is 1. The van der Waals surface area contributed by atoms with E-state index in [9.17, 15) is 9.90 Å². The first-order chi connectivity index (χ1) is 17.7. The van der Waals surface area contributed by atoms with Crippen LogP contribution in [0.5, 0.6) is 5.75 Å². The zero-order chi connectivity index (χ0) is 27.1. The highest BCUT2D eigenvalue weighted by Crippen LogP contribution is 2.41. The smallest absolute Gasteiger partial charge is 0.314 e. The summed E-state index contributed by atoms with van der Waals surface area (Å²) in [6.07, 6.45) is 7.22. The molecular weight excluding hydrogens is 460 g/mol. The minimum atomic E-state index is -0.914. The summed E-state index contributed by atoms with van der Waals surface area (Å²) in [4.78, 5) is 11.3. The van der Waals surface area contributed by atoms with Crippen molar-refractivity contribution in [3.05, 3.63) is 76.1 Å². The molecule has 3 rings (SSSR count). The Morgan fingerprint density at radius 3 is 2.08 bits per heavy atom. The van der Waals surface area contributed by atoms with Crippen LogP contribution < -0.4 is 4.74 Å². The van der Waals surface area contributed by atoms with E-state index in [1.165, 1.54) is 11.1 Å². The highest BCUT2D eigenvalue weighted by Gasteiger charge is 2.31. The molecular formula is C33H42O4. The molecule has 0 radical (unpaired) electrons. The zero-order valence-electron chi connectivity index (χ0n) is 23.4. The maximum Gasteiger partial charge on any atom is 0.314 e. The van der Waals surface area contributed by atoms with E-state index in [-0.39, 0.29) is 18.0 Å². The Morgan fingerprint density at radius 2 is 1.57 bits per heavy atom. The van der Waals surface area contributed by atoms with Gasteiger partial charge in [0.2, 0.25) is 0 Å². The van der Waals surface area contributed by atoms with Crippen molar-refractivity contribution in [2.45, 2.75) is 97.5 Å². The Bertz CT molecular complexity index is 1180. The van der Waals surface area contributed by atoms with Gasteiger partial charge in [-0.25, -0.2) is 0 Å². The minimum Gasteiger partial charge on any atom is -0.485 e. The minimum absolute atomic E-state index is 0.130. The molecule has 2 aromatic carbocycles. The third-order valence-corrected chi connectivity index (χ3v) is 7.58. The van der Waals surface area contributed by atoms with Crippen LogP contribution >= 0.6 is 0 Å². The van der Waals surface area contributed by atoms with Gasteiger partial charge in [-0.2, -0.15) is 0 Å². The topological polar surface area (TPSA) is 55.8 Å². The molecule has 0 bridgehead atoms. The third kappa shape index (κ3) is 6.65. The first-order valence-electron chi connectivity index (χ1n) is 13.7. The van der Waals surface area contributed by atoms with E-state index < -0.39 is 5.60 Å². The van der Waals surface area contributed by atoms with Crippen LogP contribution in [0.2, 0.25) is 0 Å².